The minimum Gasteiger partial charge on any atom is -0.355 e. The number of rotatable bonds is 10. The van der Waals surface area contributed by atoms with Crippen molar-refractivity contribution in [1.29, 1.82) is 0 Å². The van der Waals surface area contributed by atoms with Gasteiger partial charge in [-0.15, -0.1) is 0 Å². The van der Waals surface area contributed by atoms with Gasteiger partial charge in [-0.3, -0.25) is 9.59 Å². The summed E-state index contributed by atoms with van der Waals surface area (Å²) in [5, 5.41) is 6.76. The van der Waals surface area contributed by atoms with Crippen LogP contribution in [0.5, 0.6) is 0 Å². The molecule has 2 aliphatic rings. The molecule has 2 bridgehead atoms. The number of carbonyl (C=O) groups is 1. The lowest BCUT2D eigenvalue weighted by atomic mass is 9.83. The Labute approximate surface area is 191 Å². The van der Waals surface area contributed by atoms with Gasteiger partial charge in [-0.05, 0) is 69.5 Å². The maximum absolute atomic E-state index is 12.2. The van der Waals surface area contributed by atoms with E-state index in [1.165, 1.54) is 0 Å². The van der Waals surface area contributed by atoms with Gasteiger partial charge in [0.15, 0.2) is 5.11 Å². The molecule has 7 nitrogen and oxygen atoms in total. The number of thiocarbonyl (C=S) groups is 1. The van der Waals surface area contributed by atoms with Crippen molar-refractivity contribution in [3.05, 3.63) is 34.2 Å². The van der Waals surface area contributed by atoms with E-state index in [4.69, 9.17) is 12.2 Å². The number of pyridine rings is 1. The molecule has 1 amide bonds. The first-order valence-electron chi connectivity index (χ1n) is 11.7. The van der Waals surface area contributed by atoms with Crippen molar-refractivity contribution < 1.29 is 4.79 Å². The Hall–Kier alpha value is -1.93. The van der Waals surface area contributed by atoms with E-state index < -0.39 is 0 Å². The molecule has 3 rings (SSSR count). The average molecular weight is 448 g/mol. The van der Waals surface area contributed by atoms with Crippen molar-refractivity contribution in [2.75, 3.05) is 45.8 Å². The quantitative estimate of drug-likeness (QED) is 0.421. The summed E-state index contributed by atoms with van der Waals surface area (Å²) in [7, 11) is 0. The molecule has 172 valence electrons. The molecule has 0 spiro atoms. The number of nitrogens with zero attached hydrogens (tertiary/aromatic N) is 3. The van der Waals surface area contributed by atoms with Crippen LogP contribution < -0.4 is 16.2 Å². The van der Waals surface area contributed by atoms with Gasteiger partial charge in [0.25, 0.3) is 5.56 Å². The van der Waals surface area contributed by atoms with Crippen LogP contribution >= 0.6 is 12.2 Å². The number of hydrogen-bond acceptors (Lipinski definition) is 4. The number of aromatic nitrogens is 1. The Bertz CT molecular complexity index is 805. The standard InChI is InChI=1S/C23H37N5O2S/c1-3-10-26(11-4-2)12-6-9-24-21(29)14-25-23(31)27-15-18-13-19(17-27)20-7-5-8-22(30)28(20)16-18/h5,7-8,18-19H,3-4,6,9-17H2,1-2H3,(H,24,29)(H,25,31)/t18-,19+/m1/s1. The maximum atomic E-state index is 12.2. The fourth-order valence-corrected chi connectivity index (χ4v) is 5.11. The van der Waals surface area contributed by atoms with Crippen molar-refractivity contribution in [2.45, 2.75) is 52.0 Å². The third kappa shape index (κ3) is 6.53. The van der Waals surface area contributed by atoms with Gasteiger partial charge >= 0.3 is 0 Å². The van der Waals surface area contributed by atoms with Crippen molar-refractivity contribution in [3.63, 3.8) is 0 Å². The number of carbonyl (C=O) groups excluding carboxylic acids is 1. The maximum Gasteiger partial charge on any atom is 0.250 e. The molecular weight excluding hydrogens is 410 g/mol. The first-order chi connectivity index (χ1) is 15.0. The van der Waals surface area contributed by atoms with E-state index in [1.54, 1.807) is 6.07 Å². The zero-order valence-electron chi connectivity index (χ0n) is 18.9. The van der Waals surface area contributed by atoms with E-state index in [0.717, 1.165) is 70.6 Å². The Morgan fingerprint density at radius 3 is 2.65 bits per heavy atom. The van der Waals surface area contributed by atoms with E-state index >= 15 is 0 Å². The summed E-state index contributed by atoms with van der Waals surface area (Å²) in [6.07, 6.45) is 4.38. The lowest BCUT2D eigenvalue weighted by Crippen LogP contribution is -2.52. The number of nitrogens with one attached hydrogen (secondary N) is 2. The SMILES string of the molecule is CCCN(CCC)CCCNC(=O)CNC(=S)N1C[C@H]2C[C@@H](C1)c1cccc(=O)n1C2. The van der Waals surface area contributed by atoms with Gasteiger partial charge in [0, 0.05) is 43.9 Å². The van der Waals surface area contributed by atoms with E-state index in [0.29, 0.717) is 23.5 Å². The average Bonchev–Trinajstić information content (AvgIpc) is 2.76. The molecule has 3 heterocycles. The van der Waals surface area contributed by atoms with E-state index in [1.807, 2.05) is 10.6 Å². The fourth-order valence-electron chi connectivity index (χ4n) is 4.89. The molecule has 0 aliphatic carbocycles. The van der Waals surface area contributed by atoms with Crippen LogP contribution in [0.4, 0.5) is 0 Å². The summed E-state index contributed by atoms with van der Waals surface area (Å²) in [4.78, 5) is 29.0. The van der Waals surface area contributed by atoms with Gasteiger partial charge < -0.3 is 25.0 Å². The summed E-state index contributed by atoms with van der Waals surface area (Å²) in [5.41, 5.74) is 1.19. The molecule has 8 heteroatoms. The smallest absolute Gasteiger partial charge is 0.250 e. The number of piperidine rings is 1. The summed E-state index contributed by atoms with van der Waals surface area (Å²) < 4.78 is 1.92. The predicted octanol–water partition coefficient (Wildman–Crippen LogP) is 1.77. The molecule has 2 N–H and O–H groups in total. The second-order valence-electron chi connectivity index (χ2n) is 8.81. The largest absolute Gasteiger partial charge is 0.355 e. The summed E-state index contributed by atoms with van der Waals surface area (Å²) >= 11 is 5.58. The molecule has 1 saturated heterocycles. The van der Waals surface area contributed by atoms with E-state index in [-0.39, 0.29) is 18.0 Å². The van der Waals surface area contributed by atoms with Crippen LogP contribution in [0.25, 0.3) is 0 Å². The van der Waals surface area contributed by atoms with Gasteiger partial charge in [-0.2, -0.15) is 0 Å². The zero-order valence-corrected chi connectivity index (χ0v) is 19.8. The minimum atomic E-state index is -0.0195. The van der Waals surface area contributed by atoms with Crippen LogP contribution in [0.1, 0.15) is 51.1 Å². The third-order valence-corrected chi connectivity index (χ3v) is 6.62. The fraction of sp³-hybridized carbons (Fsp3) is 0.696. The first-order valence-corrected chi connectivity index (χ1v) is 12.1. The Morgan fingerprint density at radius 2 is 1.90 bits per heavy atom. The van der Waals surface area contributed by atoms with Crippen LogP contribution in [-0.4, -0.2) is 71.2 Å². The second kappa shape index (κ2) is 11.6. The molecule has 2 aliphatic heterocycles. The highest BCUT2D eigenvalue weighted by atomic mass is 32.1. The highest BCUT2D eigenvalue weighted by molar-refractivity contribution is 7.80. The summed E-state index contributed by atoms with van der Waals surface area (Å²) in [5.74, 6) is 0.701. The molecule has 2 atom stereocenters. The minimum absolute atomic E-state index is 0.0195. The molecule has 0 radical (unpaired) electrons. The predicted molar refractivity (Wildman–Crippen MR) is 128 cm³/mol. The first kappa shape index (κ1) is 23.7. The van der Waals surface area contributed by atoms with Crippen molar-refractivity contribution >= 4 is 23.2 Å². The van der Waals surface area contributed by atoms with Gasteiger partial charge in [0.1, 0.15) is 0 Å². The van der Waals surface area contributed by atoms with Crippen LogP contribution in [-0.2, 0) is 11.3 Å². The van der Waals surface area contributed by atoms with E-state index in [2.05, 4.69) is 40.3 Å². The lowest BCUT2D eigenvalue weighted by Gasteiger charge is -2.43. The molecular formula is C23H37N5O2S. The molecule has 1 aromatic heterocycles. The molecule has 0 unspecified atom stereocenters. The number of fused-ring (bicyclic) bond motifs is 4. The molecule has 0 aromatic carbocycles. The van der Waals surface area contributed by atoms with Crippen LogP contribution in [0, 0.1) is 5.92 Å². The molecule has 1 fully saturated rings. The Kier molecular flexibility index (Phi) is 8.90. The second-order valence-corrected chi connectivity index (χ2v) is 9.19. The van der Waals surface area contributed by atoms with Crippen molar-refractivity contribution in [1.82, 2.24) is 25.0 Å². The van der Waals surface area contributed by atoms with Crippen molar-refractivity contribution in [2.24, 2.45) is 5.92 Å². The van der Waals surface area contributed by atoms with Gasteiger partial charge in [-0.1, -0.05) is 19.9 Å². The zero-order chi connectivity index (χ0) is 22.2. The topological polar surface area (TPSA) is 69.6 Å². The third-order valence-electron chi connectivity index (χ3n) is 6.22. The Morgan fingerprint density at radius 1 is 1.13 bits per heavy atom. The normalized spacial score (nSPS) is 19.8. The molecule has 1 aromatic rings. The monoisotopic (exact) mass is 447 g/mol. The van der Waals surface area contributed by atoms with Crippen LogP contribution in [0.3, 0.4) is 0 Å². The number of likely N-dealkylation sites (tertiary alicyclic amines) is 1. The Balaban J connectivity index is 1.39. The molecule has 0 saturated carbocycles. The van der Waals surface area contributed by atoms with Gasteiger partial charge in [-0.25, -0.2) is 0 Å². The lowest BCUT2D eigenvalue weighted by molar-refractivity contribution is -0.120. The number of hydrogen-bond donors (Lipinski definition) is 2. The van der Waals surface area contributed by atoms with Crippen molar-refractivity contribution in [3.8, 4) is 0 Å². The van der Waals surface area contributed by atoms with Crippen LogP contribution in [0.2, 0.25) is 0 Å². The van der Waals surface area contributed by atoms with Gasteiger partial charge in [0.2, 0.25) is 5.91 Å². The molecule has 31 heavy (non-hydrogen) atoms. The summed E-state index contributed by atoms with van der Waals surface area (Å²) in [6.45, 7) is 10.9. The van der Waals surface area contributed by atoms with E-state index in [9.17, 15) is 9.59 Å². The highest BCUT2D eigenvalue weighted by Gasteiger charge is 2.35. The summed E-state index contributed by atoms with van der Waals surface area (Å²) in [6, 6.07) is 5.54. The number of amides is 1. The highest BCUT2D eigenvalue weighted by Crippen LogP contribution is 2.34. The van der Waals surface area contributed by atoms with Gasteiger partial charge in [0.05, 0.1) is 6.54 Å². The van der Waals surface area contributed by atoms with Crippen LogP contribution in [0.15, 0.2) is 23.0 Å².